The van der Waals surface area contributed by atoms with Crippen LogP contribution in [0, 0.1) is 0 Å². The van der Waals surface area contributed by atoms with E-state index in [9.17, 15) is 19.0 Å². The molecule has 0 radical (unpaired) electrons. The molecule has 0 spiro atoms. The molecule has 8 nitrogen and oxygen atoms in total. The van der Waals surface area contributed by atoms with Gasteiger partial charge in [-0.25, -0.2) is 4.57 Å². The number of phosphoric ester groups is 1. The zero-order chi connectivity index (χ0) is 38.9. The number of hydrogen-bond acceptors (Lipinski definition) is 7. The van der Waals surface area contributed by atoms with E-state index in [0.29, 0.717) is 6.42 Å². The van der Waals surface area contributed by atoms with Gasteiger partial charge >= 0.3 is 19.8 Å². The van der Waals surface area contributed by atoms with Crippen molar-refractivity contribution in [2.45, 2.75) is 200 Å². The Labute approximate surface area is 325 Å². The summed E-state index contributed by atoms with van der Waals surface area (Å²) in [4.78, 5) is 34.7. The Hall–Kier alpha value is -1.99. The molecule has 0 saturated carbocycles. The monoisotopic (exact) mass is 767 g/mol. The lowest BCUT2D eigenvalue weighted by molar-refractivity contribution is -0.161. The van der Waals surface area contributed by atoms with Crippen LogP contribution in [-0.4, -0.2) is 42.8 Å². The molecule has 0 rings (SSSR count). The zero-order valence-electron chi connectivity index (χ0n) is 34.2. The molecular weight excluding hydrogens is 687 g/mol. The molecule has 0 aliphatic rings. The number of carbonyl (C=O) groups excluding carboxylic acids is 2. The fraction of sp³-hybridized carbons (Fsp3) is 0.773. The van der Waals surface area contributed by atoms with Gasteiger partial charge < -0.3 is 14.4 Å². The molecule has 2 unspecified atom stereocenters. The summed E-state index contributed by atoms with van der Waals surface area (Å²) in [6.45, 7) is 5.34. The molecule has 0 amide bonds. The molecule has 0 aromatic rings. The molecule has 0 aliphatic heterocycles. The van der Waals surface area contributed by atoms with Gasteiger partial charge in [-0.1, -0.05) is 152 Å². The van der Waals surface area contributed by atoms with Crippen LogP contribution < -0.4 is 0 Å². The maximum atomic E-state index is 12.5. The SMILES string of the molecule is CC/C=C\C/C=C\C/C=C\CCCCCCCC(=O)OC(COC(=O)CCCCCCCCC/C=C\CCCCCCCCC)COP(=O)(O)OCC. The first-order valence-corrected chi connectivity index (χ1v) is 22.9. The lowest BCUT2D eigenvalue weighted by Crippen LogP contribution is -2.29. The second-order valence-corrected chi connectivity index (χ2v) is 15.4. The van der Waals surface area contributed by atoms with Crippen molar-refractivity contribution in [3.05, 3.63) is 48.6 Å². The average molecular weight is 767 g/mol. The highest BCUT2D eigenvalue weighted by Gasteiger charge is 2.25. The molecule has 1 N–H and O–H groups in total. The molecule has 0 saturated heterocycles. The number of carbonyl (C=O) groups is 2. The highest BCUT2D eigenvalue weighted by Crippen LogP contribution is 2.43. The fourth-order valence-corrected chi connectivity index (χ4v) is 6.51. The van der Waals surface area contributed by atoms with E-state index in [-0.39, 0.29) is 32.0 Å². The number of unbranched alkanes of at least 4 members (excludes halogenated alkanes) is 19. The second kappa shape index (κ2) is 39.7. The Balaban J connectivity index is 4.11. The summed E-state index contributed by atoms with van der Waals surface area (Å²) in [6.07, 6.45) is 45.9. The smallest absolute Gasteiger partial charge is 0.462 e. The summed E-state index contributed by atoms with van der Waals surface area (Å²) in [5, 5.41) is 0. The zero-order valence-corrected chi connectivity index (χ0v) is 35.1. The highest BCUT2D eigenvalue weighted by molar-refractivity contribution is 7.47. The van der Waals surface area contributed by atoms with Crippen molar-refractivity contribution < 1.29 is 37.6 Å². The van der Waals surface area contributed by atoms with Crippen LogP contribution in [0.2, 0.25) is 0 Å². The van der Waals surface area contributed by atoms with Gasteiger partial charge in [0.15, 0.2) is 6.10 Å². The van der Waals surface area contributed by atoms with Crippen molar-refractivity contribution in [3.63, 3.8) is 0 Å². The van der Waals surface area contributed by atoms with Gasteiger partial charge in [-0.3, -0.25) is 18.6 Å². The minimum atomic E-state index is -4.29. The third-order valence-electron chi connectivity index (χ3n) is 8.87. The first kappa shape index (κ1) is 51.0. The first-order valence-electron chi connectivity index (χ1n) is 21.4. The third-order valence-corrected chi connectivity index (χ3v) is 9.93. The summed E-state index contributed by atoms with van der Waals surface area (Å²) in [6, 6.07) is 0. The molecule has 308 valence electrons. The summed E-state index contributed by atoms with van der Waals surface area (Å²) in [5.41, 5.74) is 0. The van der Waals surface area contributed by atoms with Crippen LogP contribution in [0.4, 0.5) is 0 Å². The van der Waals surface area contributed by atoms with Gasteiger partial charge in [-0.05, 0) is 77.6 Å². The number of esters is 2. The third kappa shape index (κ3) is 39.5. The van der Waals surface area contributed by atoms with Crippen molar-refractivity contribution in [2.24, 2.45) is 0 Å². The van der Waals surface area contributed by atoms with Gasteiger partial charge in [0, 0.05) is 12.8 Å². The maximum absolute atomic E-state index is 12.5. The predicted molar refractivity (Wildman–Crippen MR) is 221 cm³/mol. The Morgan fingerprint density at radius 3 is 1.47 bits per heavy atom. The van der Waals surface area contributed by atoms with Crippen LogP contribution in [0.3, 0.4) is 0 Å². The summed E-state index contributed by atoms with van der Waals surface area (Å²) in [7, 11) is -4.29. The normalized spacial score (nSPS) is 13.8. The molecule has 0 aromatic heterocycles. The van der Waals surface area contributed by atoms with Gasteiger partial charge in [0.25, 0.3) is 0 Å². The van der Waals surface area contributed by atoms with Crippen LogP contribution in [0.5, 0.6) is 0 Å². The molecule has 2 atom stereocenters. The van der Waals surface area contributed by atoms with Crippen molar-refractivity contribution in [2.75, 3.05) is 19.8 Å². The fourth-order valence-electron chi connectivity index (χ4n) is 5.76. The predicted octanol–water partition coefficient (Wildman–Crippen LogP) is 13.4. The lowest BCUT2D eigenvalue weighted by Gasteiger charge is -2.19. The molecule has 0 bridgehead atoms. The molecular formula is C44H79O8P. The number of ether oxygens (including phenoxy) is 2. The molecule has 0 aromatic carbocycles. The van der Waals surface area contributed by atoms with Gasteiger partial charge in [0.1, 0.15) is 6.61 Å². The van der Waals surface area contributed by atoms with Crippen LogP contribution in [0.25, 0.3) is 0 Å². The van der Waals surface area contributed by atoms with Crippen LogP contribution >= 0.6 is 7.82 Å². The van der Waals surface area contributed by atoms with E-state index in [1.165, 1.54) is 83.5 Å². The standard InChI is InChI=1S/C44H79O8P/c1-4-7-9-11-13-15-17-19-21-22-23-25-26-28-30-32-34-36-38-43(45)49-40-42(41-51-53(47,48)50-6-3)52-44(46)39-37-35-33-31-29-27-24-20-18-16-14-12-10-8-5-2/h8,10,14,16,20-22,24,42H,4-7,9,11-13,15,17-19,23,25-41H2,1-3H3,(H,47,48)/b10-8-,16-14-,22-21-,24-20-. The minimum absolute atomic E-state index is 0.00517. The Morgan fingerprint density at radius 2 is 0.962 bits per heavy atom. The van der Waals surface area contributed by atoms with E-state index in [2.05, 4.69) is 62.5 Å². The van der Waals surface area contributed by atoms with Crippen molar-refractivity contribution in [1.82, 2.24) is 0 Å². The Kier molecular flexibility index (Phi) is 38.2. The van der Waals surface area contributed by atoms with Crippen LogP contribution in [-0.2, 0) is 32.7 Å². The van der Waals surface area contributed by atoms with Crippen molar-refractivity contribution in [1.29, 1.82) is 0 Å². The van der Waals surface area contributed by atoms with Crippen molar-refractivity contribution in [3.8, 4) is 0 Å². The average Bonchev–Trinajstić information content (AvgIpc) is 3.13. The number of hydrogen-bond donors (Lipinski definition) is 1. The van der Waals surface area contributed by atoms with E-state index < -0.39 is 26.5 Å². The Morgan fingerprint density at radius 1 is 0.528 bits per heavy atom. The van der Waals surface area contributed by atoms with Crippen molar-refractivity contribution >= 4 is 19.8 Å². The number of allylic oxidation sites excluding steroid dienone is 8. The first-order chi connectivity index (χ1) is 25.8. The van der Waals surface area contributed by atoms with Gasteiger partial charge in [-0.15, -0.1) is 0 Å². The minimum Gasteiger partial charge on any atom is -0.462 e. The van der Waals surface area contributed by atoms with E-state index in [1.807, 2.05) is 0 Å². The quantitative estimate of drug-likeness (QED) is 0.0285. The molecule has 0 fully saturated rings. The van der Waals surface area contributed by atoms with Crippen LogP contribution in [0.15, 0.2) is 48.6 Å². The summed E-state index contributed by atoms with van der Waals surface area (Å²) in [5.74, 6) is -0.822. The molecule has 0 heterocycles. The second-order valence-electron chi connectivity index (χ2n) is 14.0. The number of rotatable bonds is 39. The highest BCUT2D eigenvalue weighted by atomic mass is 31.2. The van der Waals surface area contributed by atoms with E-state index in [4.69, 9.17) is 18.5 Å². The van der Waals surface area contributed by atoms with Gasteiger partial charge in [0.05, 0.1) is 13.2 Å². The van der Waals surface area contributed by atoms with E-state index >= 15 is 0 Å². The van der Waals surface area contributed by atoms with Gasteiger partial charge in [-0.2, -0.15) is 0 Å². The maximum Gasteiger partial charge on any atom is 0.472 e. The summed E-state index contributed by atoms with van der Waals surface area (Å²) >= 11 is 0. The van der Waals surface area contributed by atoms with E-state index in [0.717, 1.165) is 70.6 Å². The molecule has 9 heteroatoms. The number of phosphoric acid groups is 1. The molecule has 0 aliphatic carbocycles. The van der Waals surface area contributed by atoms with Gasteiger partial charge in [0.2, 0.25) is 0 Å². The lowest BCUT2D eigenvalue weighted by atomic mass is 10.1. The summed E-state index contributed by atoms with van der Waals surface area (Å²) < 4.78 is 32.6. The molecule has 53 heavy (non-hydrogen) atoms. The Bertz CT molecular complexity index is 1010. The topological polar surface area (TPSA) is 108 Å². The largest absolute Gasteiger partial charge is 0.472 e. The van der Waals surface area contributed by atoms with Crippen LogP contribution in [0.1, 0.15) is 194 Å². The van der Waals surface area contributed by atoms with E-state index in [1.54, 1.807) is 6.92 Å².